The molecule has 0 bridgehead atoms. The summed E-state index contributed by atoms with van der Waals surface area (Å²) in [6, 6.07) is 10.6. The molecule has 0 aliphatic heterocycles. The highest BCUT2D eigenvalue weighted by Crippen LogP contribution is 2.26. The molecule has 3 heterocycles. The number of hydrogen-bond donors (Lipinski definition) is 2. The van der Waals surface area contributed by atoms with E-state index in [0.29, 0.717) is 17.0 Å². The standard InChI is InChI=1S/C16H13N3O2/c20-16(21)13-9-14(11-1-5-17-6-2-11)19-15(10-13)12-3-7-18-8-4-12/h1-10,16,20-21H. The molecule has 0 fully saturated rings. The molecule has 3 rings (SSSR count). The Morgan fingerprint density at radius 3 is 1.52 bits per heavy atom. The van der Waals surface area contributed by atoms with E-state index in [9.17, 15) is 10.2 Å². The summed E-state index contributed by atoms with van der Waals surface area (Å²) in [5.41, 5.74) is 3.44. The van der Waals surface area contributed by atoms with Crippen molar-refractivity contribution in [3.63, 3.8) is 0 Å². The predicted molar refractivity (Wildman–Crippen MR) is 77.9 cm³/mol. The van der Waals surface area contributed by atoms with E-state index in [2.05, 4.69) is 15.0 Å². The average molecular weight is 279 g/mol. The van der Waals surface area contributed by atoms with Crippen LogP contribution in [0.25, 0.3) is 22.5 Å². The number of pyridine rings is 3. The predicted octanol–water partition coefficient (Wildman–Crippen LogP) is 2.19. The van der Waals surface area contributed by atoms with Crippen LogP contribution in [-0.2, 0) is 0 Å². The topological polar surface area (TPSA) is 79.1 Å². The van der Waals surface area contributed by atoms with E-state index in [1.807, 2.05) is 24.3 Å². The van der Waals surface area contributed by atoms with Crippen molar-refractivity contribution in [1.82, 2.24) is 15.0 Å². The van der Waals surface area contributed by atoms with Crippen LogP contribution in [0.4, 0.5) is 0 Å². The van der Waals surface area contributed by atoms with Gasteiger partial charge in [-0.15, -0.1) is 0 Å². The van der Waals surface area contributed by atoms with Gasteiger partial charge in [0, 0.05) is 41.5 Å². The zero-order chi connectivity index (χ0) is 14.7. The minimum atomic E-state index is -1.55. The van der Waals surface area contributed by atoms with E-state index in [1.165, 1.54) is 0 Å². The summed E-state index contributed by atoms with van der Waals surface area (Å²) in [4.78, 5) is 12.5. The van der Waals surface area contributed by atoms with Gasteiger partial charge in [0.1, 0.15) is 0 Å². The Morgan fingerprint density at radius 2 is 1.14 bits per heavy atom. The van der Waals surface area contributed by atoms with Gasteiger partial charge in [0.25, 0.3) is 0 Å². The van der Waals surface area contributed by atoms with Crippen LogP contribution < -0.4 is 0 Å². The number of nitrogens with zero attached hydrogens (tertiary/aromatic N) is 3. The Balaban J connectivity index is 2.16. The molecule has 0 radical (unpaired) electrons. The quantitative estimate of drug-likeness (QED) is 0.718. The van der Waals surface area contributed by atoms with Crippen LogP contribution in [0.5, 0.6) is 0 Å². The van der Waals surface area contributed by atoms with Gasteiger partial charge >= 0.3 is 0 Å². The van der Waals surface area contributed by atoms with Gasteiger partial charge in [0.05, 0.1) is 11.4 Å². The Hall–Kier alpha value is -2.63. The maximum atomic E-state index is 9.47. The minimum absolute atomic E-state index is 0.392. The van der Waals surface area contributed by atoms with Crippen LogP contribution >= 0.6 is 0 Å². The smallest absolute Gasteiger partial charge is 0.178 e. The van der Waals surface area contributed by atoms with E-state index in [1.54, 1.807) is 36.9 Å². The Labute approximate surface area is 121 Å². The third-order valence-electron chi connectivity index (χ3n) is 3.10. The summed E-state index contributed by atoms with van der Waals surface area (Å²) >= 11 is 0. The first-order chi connectivity index (χ1) is 10.2. The molecular formula is C16H13N3O2. The van der Waals surface area contributed by atoms with E-state index < -0.39 is 6.29 Å². The molecule has 3 aromatic rings. The molecule has 0 aliphatic rings. The molecule has 0 unspecified atom stereocenters. The Morgan fingerprint density at radius 1 is 0.714 bits per heavy atom. The fraction of sp³-hybridized carbons (Fsp3) is 0.0625. The summed E-state index contributed by atoms with van der Waals surface area (Å²) in [6.45, 7) is 0. The van der Waals surface area contributed by atoms with E-state index >= 15 is 0 Å². The van der Waals surface area contributed by atoms with E-state index in [4.69, 9.17) is 0 Å². The van der Waals surface area contributed by atoms with Crippen molar-refractivity contribution >= 4 is 0 Å². The lowest BCUT2D eigenvalue weighted by Gasteiger charge is -2.10. The van der Waals surface area contributed by atoms with Crippen molar-refractivity contribution in [2.24, 2.45) is 0 Å². The number of hydrogen-bond acceptors (Lipinski definition) is 5. The van der Waals surface area contributed by atoms with E-state index in [0.717, 1.165) is 11.1 Å². The number of aromatic nitrogens is 3. The van der Waals surface area contributed by atoms with Crippen LogP contribution in [0.3, 0.4) is 0 Å². The highest BCUT2D eigenvalue weighted by molar-refractivity contribution is 5.66. The van der Waals surface area contributed by atoms with Gasteiger partial charge in [-0.05, 0) is 36.4 Å². The van der Waals surface area contributed by atoms with Gasteiger partial charge in [0.2, 0.25) is 0 Å². The van der Waals surface area contributed by atoms with Crippen molar-refractivity contribution < 1.29 is 10.2 Å². The van der Waals surface area contributed by atoms with Crippen molar-refractivity contribution in [2.75, 3.05) is 0 Å². The molecule has 0 saturated carbocycles. The van der Waals surface area contributed by atoms with Crippen molar-refractivity contribution in [2.45, 2.75) is 6.29 Å². The van der Waals surface area contributed by atoms with E-state index in [-0.39, 0.29) is 0 Å². The maximum Gasteiger partial charge on any atom is 0.178 e. The third kappa shape index (κ3) is 2.94. The SMILES string of the molecule is OC(O)c1cc(-c2ccncc2)nc(-c2ccncc2)c1. The lowest BCUT2D eigenvalue weighted by atomic mass is 10.1. The van der Waals surface area contributed by atoms with Crippen molar-refractivity contribution in [1.29, 1.82) is 0 Å². The third-order valence-corrected chi connectivity index (χ3v) is 3.10. The Bertz CT molecular complexity index is 673. The fourth-order valence-electron chi connectivity index (χ4n) is 2.04. The minimum Gasteiger partial charge on any atom is -0.364 e. The second kappa shape index (κ2) is 5.78. The zero-order valence-corrected chi connectivity index (χ0v) is 11.1. The largest absolute Gasteiger partial charge is 0.364 e. The zero-order valence-electron chi connectivity index (χ0n) is 11.1. The first-order valence-electron chi connectivity index (χ1n) is 6.43. The molecule has 2 N–H and O–H groups in total. The molecule has 5 heteroatoms. The molecule has 0 spiro atoms. The highest BCUT2D eigenvalue weighted by atomic mass is 16.5. The van der Waals surface area contributed by atoms with Gasteiger partial charge < -0.3 is 10.2 Å². The van der Waals surface area contributed by atoms with Crippen molar-refractivity contribution in [3.8, 4) is 22.5 Å². The molecule has 0 aromatic carbocycles. The second-order valence-electron chi connectivity index (χ2n) is 4.52. The molecule has 0 atom stereocenters. The number of rotatable bonds is 3. The average Bonchev–Trinajstić information content (AvgIpc) is 2.56. The normalized spacial score (nSPS) is 10.8. The molecule has 0 aliphatic carbocycles. The van der Waals surface area contributed by atoms with Crippen LogP contribution in [-0.4, -0.2) is 25.2 Å². The molecule has 0 saturated heterocycles. The van der Waals surface area contributed by atoms with Crippen LogP contribution in [0, 0.1) is 0 Å². The first kappa shape index (κ1) is 13.4. The van der Waals surface area contributed by atoms with Crippen LogP contribution in [0.15, 0.2) is 61.2 Å². The second-order valence-corrected chi connectivity index (χ2v) is 4.52. The summed E-state index contributed by atoms with van der Waals surface area (Å²) in [7, 11) is 0. The lowest BCUT2D eigenvalue weighted by Crippen LogP contribution is -1.99. The molecule has 0 amide bonds. The number of aliphatic hydroxyl groups excluding tert-OH is 1. The lowest BCUT2D eigenvalue weighted by molar-refractivity contribution is -0.0424. The Kier molecular flexibility index (Phi) is 3.68. The summed E-state index contributed by atoms with van der Waals surface area (Å²) < 4.78 is 0. The molecule has 5 nitrogen and oxygen atoms in total. The van der Waals surface area contributed by atoms with Crippen molar-refractivity contribution in [3.05, 3.63) is 66.7 Å². The number of aliphatic hydroxyl groups is 2. The first-order valence-corrected chi connectivity index (χ1v) is 6.43. The van der Waals surface area contributed by atoms with Gasteiger partial charge in [-0.3, -0.25) is 9.97 Å². The monoisotopic (exact) mass is 279 g/mol. The van der Waals surface area contributed by atoms with Gasteiger partial charge in [-0.2, -0.15) is 0 Å². The summed E-state index contributed by atoms with van der Waals surface area (Å²) in [5.74, 6) is 0. The highest BCUT2D eigenvalue weighted by Gasteiger charge is 2.10. The molecular weight excluding hydrogens is 266 g/mol. The van der Waals surface area contributed by atoms with Gasteiger partial charge in [-0.1, -0.05) is 0 Å². The summed E-state index contributed by atoms with van der Waals surface area (Å²) in [6.07, 6.45) is 5.14. The fourth-order valence-corrected chi connectivity index (χ4v) is 2.04. The molecule has 3 aromatic heterocycles. The van der Waals surface area contributed by atoms with Gasteiger partial charge in [0.15, 0.2) is 6.29 Å². The maximum absolute atomic E-state index is 9.47. The molecule has 104 valence electrons. The van der Waals surface area contributed by atoms with Crippen LogP contribution in [0.2, 0.25) is 0 Å². The molecule has 21 heavy (non-hydrogen) atoms. The summed E-state index contributed by atoms with van der Waals surface area (Å²) in [5, 5.41) is 18.9. The van der Waals surface area contributed by atoms with Gasteiger partial charge in [-0.25, -0.2) is 4.98 Å². The van der Waals surface area contributed by atoms with Crippen LogP contribution in [0.1, 0.15) is 11.9 Å².